The highest BCUT2D eigenvalue weighted by Crippen LogP contribution is 2.34. The van der Waals surface area contributed by atoms with Crippen molar-refractivity contribution in [2.75, 3.05) is 39.4 Å². The van der Waals surface area contributed by atoms with Crippen LogP contribution < -0.4 is 5.32 Å². The normalized spacial score (nSPS) is 31.5. The fourth-order valence-electron chi connectivity index (χ4n) is 6.25. The molecule has 3 aliphatic heterocycles. The molecule has 1 aliphatic carbocycles. The molecule has 1 aromatic rings. The molecular formula is C27H36ClN3O3. The van der Waals surface area contributed by atoms with Gasteiger partial charge in [-0.15, -0.1) is 0 Å². The van der Waals surface area contributed by atoms with Crippen LogP contribution in [0.4, 0.5) is 0 Å². The molecule has 7 heteroatoms. The molecule has 2 saturated heterocycles. The number of hydrogen-bond donors (Lipinski definition) is 1. The number of benzene rings is 1. The molecule has 34 heavy (non-hydrogen) atoms. The molecule has 3 fully saturated rings. The van der Waals surface area contributed by atoms with E-state index in [4.69, 9.17) is 16.3 Å². The standard InChI is InChI=1S/C27H36ClN3O3/c1-18-2-8-22(9-3-18)31(26(32)20-11-13-34-17-20)23-10-12-30(16-23)27(33)25-15-29-14-24(25)19-4-6-21(28)7-5-19/h4-7,11,18,22-25,29H,2-3,8-10,12-17H2,1H3/t18-,22+,23-,24-,25+/m0/s1. The van der Waals surface area contributed by atoms with E-state index >= 15 is 0 Å². The zero-order valence-corrected chi connectivity index (χ0v) is 20.8. The van der Waals surface area contributed by atoms with Gasteiger partial charge in [-0.05, 0) is 61.8 Å². The van der Waals surface area contributed by atoms with E-state index < -0.39 is 0 Å². The first-order chi connectivity index (χ1) is 16.5. The lowest BCUT2D eigenvalue weighted by Crippen LogP contribution is -2.50. The van der Waals surface area contributed by atoms with Gasteiger partial charge in [-0.2, -0.15) is 0 Å². The third kappa shape index (κ3) is 4.91. The summed E-state index contributed by atoms with van der Waals surface area (Å²) >= 11 is 6.08. The minimum Gasteiger partial charge on any atom is -0.372 e. The lowest BCUT2D eigenvalue weighted by atomic mass is 9.85. The molecule has 3 heterocycles. The van der Waals surface area contributed by atoms with Gasteiger partial charge in [-0.3, -0.25) is 9.59 Å². The van der Waals surface area contributed by atoms with Crippen molar-refractivity contribution in [2.24, 2.45) is 11.8 Å². The van der Waals surface area contributed by atoms with Crippen LogP contribution in [0.15, 0.2) is 35.9 Å². The average molecular weight is 486 g/mol. The number of amides is 2. The minimum absolute atomic E-state index is 0.0782. The highest BCUT2D eigenvalue weighted by atomic mass is 35.5. The van der Waals surface area contributed by atoms with Gasteiger partial charge in [-0.1, -0.05) is 30.7 Å². The van der Waals surface area contributed by atoms with Gasteiger partial charge in [0, 0.05) is 48.7 Å². The van der Waals surface area contributed by atoms with E-state index in [0.717, 1.165) is 62.2 Å². The van der Waals surface area contributed by atoms with Crippen molar-refractivity contribution >= 4 is 23.4 Å². The third-order valence-electron chi connectivity index (χ3n) is 8.29. The first kappa shape index (κ1) is 23.8. The molecule has 1 aromatic carbocycles. The van der Waals surface area contributed by atoms with Crippen molar-refractivity contribution in [3.63, 3.8) is 0 Å². The number of nitrogens with one attached hydrogen (secondary N) is 1. The van der Waals surface area contributed by atoms with E-state index in [1.807, 2.05) is 35.2 Å². The molecule has 1 N–H and O–H groups in total. The molecule has 0 spiro atoms. The van der Waals surface area contributed by atoms with E-state index in [0.29, 0.717) is 31.3 Å². The summed E-state index contributed by atoms with van der Waals surface area (Å²) in [6.45, 7) is 6.08. The number of hydrogen-bond acceptors (Lipinski definition) is 4. The fourth-order valence-corrected chi connectivity index (χ4v) is 6.38. The first-order valence-corrected chi connectivity index (χ1v) is 13.2. The Hall–Kier alpha value is -1.89. The number of nitrogens with zero attached hydrogens (tertiary/aromatic N) is 2. The summed E-state index contributed by atoms with van der Waals surface area (Å²) < 4.78 is 5.46. The van der Waals surface area contributed by atoms with Gasteiger partial charge >= 0.3 is 0 Å². The van der Waals surface area contributed by atoms with E-state index in [-0.39, 0.29) is 35.7 Å². The topological polar surface area (TPSA) is 61.9 Å². The smallest absolute Gasteiger partial charge is 0.252 e. The lowest BCUT2D eigenvalue weighted by Gasteiger charge is -2.40. The number of carbonyl (C=O) groups is 2. The van der Waals surface area contributed by atoms with Crippen LogP contribution in [0.3, 0.4) is 0 Å². The van der Waals surface area contributed by atoms with Crippen LogP contribution in [-0.2, 0) is 14.3 Å². The van der Waals surface area contributed by atoms with Gasteiger partial charge in [0.2, 0.25) is 5.91 Å². The van der Waals surface area contributed by atoms with Crippen molar-refractivity contribution in [3.05, 3.63) is 46.5 Å². The largest absolute Gasteiger partial charge is 0.372 e. The summed E-state index contributed by atoms with van der Waals surface area (Å²) in [5.74, 6) is 1.13. The summed E-state index contributed by atoms with van der Waals surface area (Å²) in [5, 5.41) is 4.13. The van der Waals surface area contributed by atoms with Gasteiger partial charge in [0.05, 0.1) is 25.2 Å². The number of likely N-dealkylation sites (tertiary alicyclic amines) is 1. The van der Waals surface area contributed by atoms with Crippen LogP contribution in [-0.4, -0.2) is 73.1 Å². The van der Waals surface area contributed by atoms with E-state index in [9.17, 15) is 9.59 Å². The molecule has 184 valence electrons. The Balaban J connectivity index is 1.29. The highest BCUT2D eigenvalue weighted by Gasteiger charge is 2.42. The molecule has 0 bridgehead atoms. The summed E-state index contributed by atoms with van der Waals surface area (Å²) in [7, 11) is 0. The second-order valence-corrected chi connectivity index (χ2v) is 11.0. The molecule has 6 nitrogen and oxygen atoms in total. The van der Waals surface area contributed by atoms with Gasteiger partial charge in [0.15, 0.2) is 0 Å². The van der Waals surface area contributed by atoms with E-state index in [2.05, 4.69) is 17.1 Å². The molecule has 3 atom stereocenters. The van der Waals surface area contributed by atoms with Crippen molar-refractivity contribution in [3.8, 4) is 0 Å². The molecule has 2 amide bonds. The second-order valence-electron chi connectivity index (χ2n) is 10.5. The highest BCUT2D eigenvalue weighted by molar-refractivity contribution is 6.30. The minimum atomic E-state index is -0.0782. The summed E-state index contributed by atoms with van der Waals surface area (Å²) in [6, 6.07) is 8.22. The van der Waals surface area contributed by atoms with Crippen LogP contribution in [0.1, 0.15) is 50.5 Å². The van der Waals surface area contributed by atoms with Crippen molar-refractivity contribution in [1.29, 1.82) is 0 Å². The molecule has 5 rings (SSSR count). The number of halogens is 1. The van der Waals surface area contributed by atoms with Crippen LogP contribution >= 0.6 is 11.6 Å². The van der Waals surface area contributed by atoms with Crippen molar-refractivity contribution < 1.29 is 14.3 Å². The molecule has 0 radical (unpaired) electrons. The summed E-state index contributed by atoms with van der Waals surface area (Å²) in [4.78, 5) is 31.4. The van der Waals surface area contributed by atoms with Crippen LogP contribution in [0.25, 0.3) is 0 Å². The molecule has 1 saturated carbocycles. The quantitative estimate of drug-likeness (QED) is 0.692. The van der Waals surface area contributed by atoms with E-state index in [1.54, 1.807) is 0 Å². The van der Waals surface area contributed by atoms with Crippen LogP contribution in [0, 0.1) is 11.8 Å². The van der Waals surface area contributed by atoms with Gasteiger partial charge in [0.1, 0.15) is 0 Å². The zero-order valence-electron chi connectivity index (χ0n) is 20.0. The maximum Gasteiger partial charge on any atom is 0.252 e. The maximum absolute atomic E-state index is 13.6. The Morgan fingerprint density at radius 3 is 2.53 bits per heavy atom. The zero-order chi connectivity index (χ0) is 23.7. The van der Waals surface area contributed by atoms with Crippen LogP contribution in [0.2, 0.25) is 5.02 Å². The third-order valence-corrected chi connectivity index (χ3v) is 8.54. The summed E-state index contributed by atoms with van der Waals surface area (Å²) in [5.41, 5.74) is 1.94. The molecule has 0 unspecified atom stereocenters. The number of carbonyl (C=O) groups excluding carboxylic acids is 2. The SMILES string of the molecule is C[C@H]1CC[C@@H](N(C(=O)C2=CCOC2)[C@H]2CCN(C(=O)[C@@H]3CNC[C@H]3c3ccc(Cl)cc3)C2)CC1. The molecule has 0 aromatic heterocycles. The Morgan fingerprint density at radius 1 is 1.06 bits per heavy atom. The molecular weight excluding hydrogens is 450 g/mol. The van der Waals surface area contributed by atoms with Crippen molar-refractivity contribution in [2.45, 2.75) is 57.0 Å². The van der Waals surface area contributed by atoms with E-state index in [1.165, 1.54) is 0 Å². The Kier molecular flexibility index (Phi) is 7.28. The van der Waals surface area contributed by atoms with Gasteiger partial charge < -0.3 is 19.9 Å². The average Bonchev–Trinajstić information content (AvgIpc) is 3.62. The maximum atomic E-state index is 13.6. The Morgan fingerprint density at radius 2 is 1.82 bits per heavy atom. The van der Waals surface area contributed by atoms with Crippen molar-refractivity contribution in [1.82, 2.24) is 15.1 Å². The lowest BCUT2D eigenvalue weighted by molar-refractivity contribution is -0.137. The Bertz CT molecular complexity index is 926. The summed E-state index contributed by atoms with van der Waals surface area (Å²) in [6.07, 6.45) is 7.21. The van der Waals surface area contributed by atoms with Gasteiger partial charge in [0.25, 0.3) is 5.91 Å². The first-order valence-electron chi connectivity index (χ1n) is 12.9. The Labute approximate surface area is 207 Å². The second kappa shape index (κ2) is 10.4. The number of rotatable bonds is 5. The monoisotopic (exact) mass is 485 g/mol. The predicted molar refractivity (Wildman–Crippen MR) is 133 cm³/mol. The predicted octanol–water partition coefficient (Wildman–Crippen LogP) is 3.61. The fraction of sp³-hybridized carbons (Fsp3) is 0.630. The van der Waals surface area contributed by atoms with Crippen LogP contribution in [0.5, 0.6) is 0 Å². The molecule has 4 aliphatic rings. The number of ether oxygens (including phenoxy) is 1. The van der Waals surface area contributed by atoms with Gasteiger partial charge in [-0.25, -0.2) is 0 Å².